The third-order valence-electron chi connectivity index (χ3n) is 5.41. The van der Waals surface area contributed by atoms with Gasteiger partial charge in [0.15, 0.2) is 4.80 Å². The lowest BCUT2D eigenvalue weighted by molar-refractivity contribution is -0.143. The van der Waals surface area contributed by atoms with Gasteiger partial charge in [-0.15, -0.1) is 0 Å². The molecule has 0 amide bonds. The Hall–Kier alpha value is -3.65. The molecule has 176 valence electrons. The average molecular weight is 479 g/mol. The van der Waals surface area contributed by atoms with Gasteiger partial charge in [-0.2, -0.15) is 0 Å². The van der Waals surface area contributed by atoms with Crippen molar-refractivity contribution in [3.8, 4) is 11.5 Å². The lowest BCUT2D eigenvalue weighted by Crippen LogP contribution is -2.40. The molecule has 1 atom stereocenters. The van der Waals surface area contributed by atoms with Crippen LogP contribution in [0.15, 0.2) is 69.6 Å². The maximum Gasteiger partial charge on any atom is 0.338 e. The number of rotatable bonds is 6. The number of nitrogens with zero attached hydrogens (tertiary/aromatic N) is 2. The Kier molecular flexibility index (Phi) is 6.70. The molecule has 0 saturated carbocycles. The van der Waals surface area contributed by atoms with Gasteiger partial charge < -0.3 is 14.2 Å². The van der Waals surface area contributed by atoms with Crippen molar-refractivity contribution in [3.63, 3.8) is 0 Å². The minimum Gasteiger partial charge on any atom is -0.497 e. The smallest absolute Gasteiger partial charge is 0.338 e. The van der Waals surface area contributed by atoms with Crippen LogP contribution in [0, 0.1) is 0 Å². The molecule has 0 radical (unpaired) electrons. The third kappa shape index (κ3) is 4.41. The van der Waals surface area contributed by atoms with E-state index in [1.165, 1.54) is 11.3 Å². The van der Waals surface area contributed by atoms with Crippen LogP contribution in [0.2, 0.25) is 0 Å². The van der Waals surface area contributed by atoms with E-state index in [1.54, 1.807) is 57.8 Å². The molecule has 2 aromatic carbocycles. The molecule has 4 rings (SSSR count). The quantitative estimate of drug-likeness (QED) is 0.509. The second-order valence-corrected chi connectivity index (χ2v) is 9.06. The van der Waals surface area contributed by atoms with E-state index in [2.05, 4.69) is 4.99 Å². The number of ether oxygens (including phenoxy) is 3. The monoisotopic (exact) mass is 478 g/mol. The summed E-state index contributed by atoms with van der Waals surface area (Å²) in [7, 11) is 3.11. The van der Waals surface area contributed by atoms with Crippen molar-refractivity contribution >= 4 is 23.4 Å². The Bertz CT molecular complexity index is 1430. The van der Waals surface area contributed by atoms with Gasteiger partial charge in [-0.3, -0.25) is 9.36 Å². The van der Waals surface area contributed by atoms with Crippen LogP contribution in [0.25, 0.3) is 6.08 Å². The zero-order valence-electron chi connectivity index (χ0n) is 19.7. The molecular formula is C26H26N2O5S. The van der Waals surface area contributed by atoms with Gasteiger partial charge in [0, 0.05) is 5.56 Å². The topological polar surface area (TPSA) is 79.1 Å². The van der Waals surface area contributed by atoms with Gasteiger partial charge in [-0.1, -0.05) is 41.7 Å². The molecule has 0 N–H and O–H groups in total. The van der Waals surface area contributed by atoms with E-state index in [0.717, 1.165) is 5.56 Å². The number of methoxy groups -OCH3 is 2. The van der Waals surface area contributed by atoms with Crippen LogP contribution >= 0.6 is 11.3 Å². The molecule has 0 spiro atoms. The fourth-order valence-electron chi connectivity index (χ4n) is 3.91. The summed E-state index contributed by atoms with van der Waals surface area (Å²) < 4.78 is 18.7. The SMILES string of the molecule is COc1ccc(OC)c([C@H]2C(C(=O)OC(C)C)=C(C)N=c3s/c(=C/c4ccccc4)c(=O)n32)c1. The molecule has 0 unspecified atom stereocenters. The van der Waals surface area contributed by atoms with Crippen molar-refractivity contribution < 1.29 is 19.0 Å². The Morgan fingerprint density at radius 3 is 2.50 bits per heavy atom. The number of esters is 1. The Morgan fingerprint density at radius 2 is 1.85 bits per heavy atom. The number of benzene rings is 2. The van der Waals surface area contributed by atoms with E-state index in [0.29, 0.717) is 37.7 Å². The molecule has 1 aliphatic heterocycles. The van der Waals surface area contributed by atoms with Crippen LogP contribution in [0.3, 0.4) is 0 Å². The van der Waals surface area contributed by atoms with E-state index in [9.17, 15) is 9.59 Å². The number of carbonyl (C=O) groups is 1. The second kappa shape index (κ2) is 9.69. The van der Waals surface area contributed by atoms with Crippen LogP contribution in [-0.2, 0) is 9.53 Å². The fourth-order valence-corrected chi connectivity index (χ4v) is 4.95. The molecular weight excluding hydrogens is 452 g/mol. The first kappa shape index (κ1) is 23.5. The van der Waals surface area contributed by atoms with Gasteiger partial charge in [-0.05, 0) is 50.6 Å². The van der Waals surface area contributed by atoms with Gasteiger partial charge in [0.2, 0.25) is 0 Å². The molecule has 3 aromatic rings. The van der Waals surface area contributed by atoms with Crippen molar-refractivity contribution in [1.29, 1.82) is 0 Å². The summed E-state index contributed by atoms with van der Waals surface area (Å²) in [6.45, 7) is 5.32. The molecule has 0 fully saturated rings. The first-order chi connectivity index (χ1) is 16.3. The lowest BCUT2D eigenvalue weighted by Gasteiger charge is -2.26. The normalized spacial score (nSPS) is 15.7. The maximum atomic E-state index is 13.7. The van der Waals surface area contributed by atoms with Gasteiger partial charge in [0.1, 0.15) is 17.5 Å². The van der Waals surface area contributed by atoms with Crippen molar-refractivity contribution in [2.75, 3.05) is 14.2 Å². The van der Waals surface area contributed by atoms with Gasteiger partial charge in [-0.25, -0.2) is 9.79 Å². The van der Waals surface area contributed by atoms with E-state index < -0.39 is 12.0 Å². The Morgan fingerprint density at radius 1 is 1.12 bits per heavy atom. The zero-order valence-corrected chi connectivity index (χ0v) is 20.5. The van der Waals surface area contributed by atoms with Crippen molar-refractivity contribution in [2.24, 2.45) is 4.99 Å². The minimum absolute atomic E-state index is 0.246. The minimum atomic E-state index is -0.787. The number of carbonyl (C=O) groups excluding carboxylic acids is 1. The highest BCUT2D eigenvalue weighted by Crippen LogP contribution is 2.37. The van der Waals surface area contributed by atoms with Crippen LogP contribution in [-0.4, -0.2) is 30.9 Å². The van der Waals surface area contributed by atoms with Gasteiger partial charge >= 0.3 is 5.97 Å². The van der Waals surface area contributed by atoms with Crippen LogP contribution in [0.5, 0.6) is 11.5 Å². The largest absolute Gasteiger partial charge is 0.497 e. The van der Waals surface area contributed by atoms with Crippen molar-refractivity contribution in [2.45, 2.75) is 32.9 Å². The number of fused-ring (bicyclic) bond motifs is 1. The number of hydrogen-bond donors (Lipinski definition) is 0. The average Bonchev–Trinajstić information content (AvgIpc) is 3.12. The molecule has 2 heterocycles. The van der Waals surface area contributed by atoms with Gasteiger partial charge in [0.25, 0.3) is 5.56 Å². The van der Waals surface area contributed by atoms with Crippen LogP contribution in [0.1, 0.15) is 37.9 Å². The first-order valence-electron chi connectivity index (χ1n) is 10.8. The fraction of sp³-hybridized carbons (Fsp3) is 0.269. The Labute approximate surface area is 201 Å². The lowest BCUT2D eigenvalue weighted by atomic mass is 9.94. The number of hydrogen-bond acceptors (Lipinski definition) is 7. The van der Waals surface area contributed by atoms with E-state index in [-0.39, 0.29) is 11.7 Å². The highest BCUT2D eigenvalue weighted by atomic mass is 32.1. The van der Waals surface area contributed by atoms with Crippen molar-refractivity contribution in [3.05, 3.63) is 90.6 Å². The summed E-state index contributed by atoms with van der Waals surface area (Å²) in [5.74, 6) is 0.574. The first-order valence-corrected chi connectivity index (χ1v) is 11.7. The summed E-state index contributed by atoms with van der Waals surface area (Å²) in [6.07, 6.45) is 1.50. The molecule has 0 aliphatic carbocycles. The van der Waals surface area contributed by atoms with Crippen LogP contribution in [0.4, 0.5) is 0 Å². The molecule has 8 heteroatoms. The molecule has 1 aromatic heterocycles. The number of allylic oxidation sites excluding steroid dienone is 1. The predicted molar refractivity (Wildman–Crippen MR) is 131 cm³/mol. The maximum absolute atomic E-state index is 13.7. The van der Waals surface area contributed by atoms with Crippen LogP contribution < -0.4 is 24.4 Å². The zero-order chi connectivity index (χ0) is 24.4. The molecule has 34 heavy (non-hydrogen) atoms. The van der Waals surface area contributed by atoms with E-state index >= 15 is 0 Å². The molecule has 0 bridgehead atoms. The molecule has 1 aliphatic rings. The summed E-state index contributed by atoms with van der Waals surface area (Å²) in [4.78, 5) is 32.1. The summed E-state index contributed by atoms with van der Waals surface area (Å²) in [5, 5.41) is 0. The summed E-state index contributed by atoms with van der Waals surface area (Å²) in [6, 6.07) is 14.1. The third-order valence-corrected chi connectivity index (χ3v) is 6.40. The summed E-state index contributed by atoms with van der Waals surface area (Å²) in [5.41, 5.74) is 2.05. The highest BCUT2D eigenvalue weighted by molar-refractivity contribution is 7.07. The standard InChI is InChI=1S/C26H26N2O5S/c1-15(2)33-25(30)22-16(3)27-26-28(23(22)19-14-18(31-4)11-12-20(19)32-5)24(29)21(34-26)13-17-9-7-6-8-10-17/h6-15,23H,1-5H3/b21-13+/t23-/m0/s1. The number of aromatic nitrogens is 1. The predicted octanol–water partition coefficient (Wildman–Crippen LogP) is 3.20. The Balaban J connectivity index is 2.02. The van der Waals surface area contributed by atoms with Gasteiger partial charge in [0.05, 0.1) is 36.1 Å². The van der Waals surface area contributed by atoms with E-state index in [1.807, 2.05) is 36.4 Å². The van der Waals surface area contributed by atoms with Crippen molar-refractivity contribution in [1.82, 2.24) is 4.57 Å². The summed E-state index contributed by atoms with van der Waals surface area (Å²) >= 11 is 1.28. The molecule has 7 nitrogen and oxygen atoms in total. The second-order valence-electron chi connectivity index (χ2n) is 8.05. The molecule has 0 saturated heterocycles. The number of thiazole rings is 1. The highest BCUT2D eigenvalue weighted by Gasteiger charge is 2.35. The van der Waals surface area contributed by atoms with E-state index in [4.69, 9.17) is 14.2 Å².